The monoisotopic (exact) mass is 462 g/mol. The first-order chi connectivity index (χ1) is 14.5. The van der Waals surface area contributed by atoms with E-state index < -0.39 is 20.6 Å². The predicted octanol–water partition coefficient (Wildman–Crippen LogP) is 6.93. The molecule has 0 atom stereocenters. The summed E-state index contributed by atoms with van der Waals surface area (Å²) in [4.78, 5) is 0.223. The minimum absolute atomic E-state index is 0.110. The van der Waals surface area contributed by atoms with Gasteiger partial charge in [0.05, 0.1) is 9.73 Å². The van der Waals surface area contributed by atoms with E-state index >= 15 is 0 Å². The lowest BCUT2D eigenvalue weighted by molar-refractivity contribution is 0.541. The van der Waals surface area contributed by atoms with Crippen molar-refractivity contribution in [1.29, 1.82) is 0 Å². The van der Waals surface area contributed by atoms with Gasteiger partial charge in [-0.05, 0) is 25.7 Å². The third-order valence-electron chi connectivity index (χ3n) is 5.73. The van der Waals surface area contributed by atoms with Crippen molar-refractivity contribution >= 4 is 30.3 Å². The van der Waals surface area contributed by atoms with Gasteiger partial charge in [0.2, 0.25) is 20.6 Å². The van der Waals surface area contributed by atoms with Crippen LogP contribution in [0.2, 0.25) is 0 Å². The van der Waals surface area contributed by atoms with Crippen LogP contribution in [-0.2, 0) is 20.6 Å². The van der Waals surface area contributed by atoms with E-state index in [1.54, 1.807) is 0 Å². The summed E-state index contributed by atoms with van der Waals surface area (Å²) in [6.07, 6.45) is 21.7. The molecule has 0 aromatic rings. The van der Waals surface area contributed by atoms with Gasteiger partial charge in [-0.3, -0.25) is 0 Å². The van der Waals surface area contributed by atoms with Crippen molar-refractivity contribution in [1.82, 2.24) is 0 Å². The third-order valence-corrected chi connectivity index (χ3v) is 7.56. The number of hydrogen-bond acceptors (Lipinski definition) is 4. The molecule has 0 aliphatic heterocycles. The number of rotatable bonds is 21. The van der Waals surface area contributed by atoms with Gasteiger partial charge in [-0.15, -0.1) is 0 Å². The van der Waals surface area contributed by atoms with E-state index in [9.17, 15) is 16.8 Å². The molecule has 6 heteroatoms. The second-order valence-corrected chi connectivity index (χ2v) is 10.4. The SMILES string of the molecule is CCCCCCCCCCCCCCCC(C(CCCCCCC)=S(=O)=O)=S(=O)=O. The van der Waals surface area contributed by atoms with Crippen molar-refractivity contribution in [2.75, 3.05) is 0 Å². The van der Waals surface area contributed by atoms with Crippen LogP contribution in [0.3, 0.4) is 0 Å². The Kier molecular flexibility index (Phi) is 21.2. The Morgan fingerprint density at radius 2 is 0.633 bits per heavy atom. The van der Waals surface area contributed by atoms with Crippen LogP contribution >= 0.6 is 0 Å². The molecule has 0 aromatic heterocycles. The van der Waals surface area contributed by atoms with E-state index in [1.807, 2.05) is 0 Å². The van der Waals surface area contributed by atoms with Gasteiger partial charge >= 0.3 is 0 Å². The Morgan fingerprint density at radius 1 is 0.400 bits per heavy atom. The number of unbranched alkanes of at least 4 members (excludes halogenated alkanes) is 16. The van der Waals surface area contributed by atoms with Crippen LogP contribution in [0.1, 0.15) is 142 Å². The minimum atomic E-state index is -2.44. The van der Waals surface area contributed by atoms with Crippen LogP contribution in [0.5, 0.6) is 0 Å². The number of hydrogen-bond donors (Lipinski definition) is 0. The molecule has 178 valence electrons. The zero-order chi connectivity index (χ0) is 22.5. The highest BCUT2D eigenvalue weighted by Gasteiger charge is 2.13. The Hall–Kier alpha value is -0.620. The molecular weight excluding hydrogens is 416 g/mol. The van der Waals surface area contributed by atoms with E-state index in [2.05, 4.69) is 13.8 Å². The summed E-state index contributed by atoms with van der Waals surface area (Å²) in [5, 5.41) is 0. The highest BCUT2D eigenvalue weighted by molar-refractivity contribution is 7.82. The summed E-state index contributed by atoms with van der Waals surface area (Å²) in [6.45, 7) is 4.38. The molecule has 4 nitrogen and oxygen atoms in total. The molecule has 30 heavy (non-hydrogen) atoms. The zero-order valence-electron chi connectivity index (χ0n) is 19.6. The smallest absolute Gasteiger partial charge is 0.184 e. The highest BCUT2D eigenvalue weighted by Crippen LogP contribution is 2.14. The maximum atomic E-state index is 11.6. The van der Waals surface area contributed by atoms with E-state index in [1.165, 1.54) is 64.2 Å². The molecule has 0 aliphatic rings. The maximum Gasteiger partial charge on any atom is 0.218 e. The molecule has 0 saturated heterocycles. The third kappa shape index (κ3) is 17.1. The molecule has 0 unspecified atom stereocenters. The second kappa shape index (κ2) is 21.6. The molecule has 0 aliphatic carbocycles. The van der Waals surface area contributed by atoms with Crippen LogP contribution in [0.15, 0.2) is 0 Å². The van der Waals surface area contributed by atoms with Crippen LogP contribution in [0.25, 0.3) is 0 Å². The molecule has 0 heterocycles. The Labute approximate surface area is 189 Å². The Balaban J connectivity index is 4.01. The van der Waals surface area contributed by atoms with Crippen molar-refractivity contribution in [3.8, 4) is 0 Å². The lowest BCUT2D eigenvalue weighted by atomic mass is 10.0. The van der Waals surface area contributed by atoms with Gasteiger partial charge in [-0.2, -0.15) is 16.8 Å². The maximum absolute atomic E-state index is 11.6. The summed E-state index contributed by atoms with van der Waals surface area (Å²) < 4.78 is 46.3. The van der Waals surface area contributed by atoms with Gasteiger partial charge in [0.15, 0.2) is 0 Å². The van der Waals surface area contributed by atoms with Crippen molar-refractivity contribution in [3.05, 3.63) is 0 Å². The van der Waals surface area contributed by atoms with Crippen LogP contribution in [0, 0.1) is 0 Å². The molecule has 0 spiro atoms. The predicted molar refractivity (Wildman–Crippen MR) is 132 cm³/mol. The summed E-state index contributed by atoms with van der Waals surface area (Å²) in [6, 6.07) is 0. The largest absolute Gasteiger partial charge is 0.218 e. The molecule has 0 N–H and O–H groups in total. The standard InChI is InChI=1S/C24H46O4S2/c1-3-5-7-9-10-11-12-13-14-15-16-18-20-22-24(30(27)28)23(29(25)26)21-19-17-8-6-4-2/h3-22H2,1-2H3. The summed E-state index contributed by atoms with van der Waals surface area (Å²) in [5.74, 6) is 0. The average molecular weight is 463 g/mol. The van der Waals surface area contributed by atoms with E-state index in [-0.39, 0.29) is 9.73 Å². The van der Waals surface area contributed by atoms with Gasteiger partial charge in [-0.25, -0.2) is 0 Å². The molecule has 0 bridgehead atoms. The zero-order valence-corrected chi connectivity index (χ0v) is 21.2. The van der Waals surface area contributed by atoms with E-state index in [4.69, 9.17) is 0 Å². The quantitative estimate of drug-likeness (QED) is 0.137. The fourth-order valence-corrected chi connectivity index (χ4v) is 5.43. The lowest BCUT2D eigenvalue weighted by Gasteiger charge is -2.06. The molecule has 0 rings (SSSR count). The van der Waals surface area contributed by atoms with Crippen molar-refractivity contribution in [2.45, 2.75) is 142 Å². The Bertz CT molecular complexity index is 660. The Morgan fingerprint density at radius 3 is 0.867 bits per heavy atom. The highest BCUT2D eigenvalue weighted by atomic mass is 32.2. The van der Waals surface area contributed by atoms with Gasteiger partial charge < -0.3 is 0 Å². The topological polar surface area (TPSA) is 68.3 Å². The van der Waals surface area contributed by atoms with Crippen LogP contribution < -0.4 is 0 Å². The second-order valence-electron chi connectivity index (χ2n) is 8.47. The molecule has 0 radical (unpaired) electrons. The molecular formula is C24H46O4S2. The molecule has 0 amide bonds. The molecule has 0 saturated carbocycles. The molecule has 0 aromatic carbocycles. The van der Waals surface area contributed by atoms with E-state index in [0.29, 0.717) is 12.8 Å². The first kappa shape index (κ1) is 29.4. The van der Waals surface area contributed by atoms with Gasteiger partial charge in [0.25, 0.3) is 0 Å². The van der Waals surface area contributed by atoms with Crippen molar-refractivity contribution in [3.63, 3.8) is 0 Å². The van der Waals surface area contributed by atoms with Crippen molar-refractivity contribution in [2.24, 2.45) is 0 Å². The van der Waals surface area contributed by atoms with Crippen LogP contribution in [0.4, 0.5) is 0 Å². The van der Waals surface area contributed by atoms with E-state index in [0.717, 1.165) is 51.4 Å². The first-order valence-electron chi connectivity index (χ1n) is 12.4. The fourth-order valence-electron chi connectivity index (χ4n) is 3.82. The lowest BCUT2D eigenvalue weighted by Crippen LogP contribution is -2.16. The summed E-state index contributed by atoms with van der Waals surface area (Å²) in [7, 11) is -4.88. The average Bonchev–Trinajstić information content (AvgIpc) is 2.71. The van der Waals surface area contributed by atoms with Gasteiger partial charge in [0.1, 0.15) is 0 Å². The van der Waals surface area contributed by atoms with Gasteiger partial charge in [0, 0.05) is 0 Å². The van der Waals surface area contributed by atoms with Crippen molar-refractivity contribution < 1.29 is 16.8 Å². The normalized spacial score (nSPS) is 10.9. The van der Waals surface area contributed by atoms with Crippen LogP contribution in [-0.4, -0.2) is 26.6 Å². The summed E-state index contributed by atoms with van der Waals surface area (Å²) in [5.41, 5.74) is 0. The first-order valence-corrected chi connectivity index (χ1v) is 14.6. The fraction of sp³-hybridized carbons (Fsp3) is 0.917. The molecule has 0 fully saturated rings. The summed E-state index contributed by atoms with van der Waals surface area (Å²) >= 11 is 0. The minimum Gasteiger partial charge on any atom is -0.184 e. The van der Waals surface area contributed by atoms with Gasteiger partial charge in [-0.1, -0.05) is 117 Å².